The molecule has 10 nitrogen and oxygen atoms in total. The van der Waals surface area contributed by atoms with Gasteiger partial charge in [-0.15, -0.1) is 5.10 Å². The van der Waals surface area contributed by atoms with Crippen LogP contribution in [-0.2, 0) is 29.0 Å². The fourth-order valence-electron chi connectivity index (χ4n) is 5.34. The van der Waals surface area contributed by atoms with Crippen LogP contribution in [0.5, 0.6) is 5.75 Å². The molecular formula is C30H38N6O4. The number of H-pyrrole nitrogens is 1. The highest BCUT2D eigenvalue weighted by Crippen LogP contribution is 2.31. The van der Waals surface area contributed by atoms with Gasteiger partial charge in [0.25, 0.3) is 5.56 Å². The quantitative estimate of drug-likeness (QED) is 0.269. The van der Waals surface area contributed by atoms with Crippen molar-refractivity contribution < 1.29 is 14.2 Å². The molecule has 1 saturated heterocycles. The molecule has 0 aliphatic carbocycles. The van der Waals surface area contributed by atoms with Gasteiger partial charge in [0.05, 0.1) is 25.9 Å². The van der Waals surface area contributed by atoms with Gasteiger partial charge in [-0.05, 0) is 83.5 Å². The number of hydrogen-bond donors (Lipinski definition) is 1. The summed E-state index contributed by atoms with van der Waals surface area (Å²) in [6.45, 7) is 7.57. The van der Waals surface area contributed by atoms with Crippen molar-refractivity contribution in [2.75, 3.05) is 33.5 Å². The molecule has 4 aromatic rings. The van der Waals surface area contributed by atoms with Crippen LogP contribution in [0, 0.1) is 0 Å². The third kappa shape index (κ3) is 6.41. The molecule has 2 aromatic heterocycles. The van der Waals surface area contributed by atoms with Gasteiger partial charge in [0.15, 0.2) is 5.82 Å². The number of aromatic amines is 1. The zero-order chi connectivity index (χ0) is 27.9. The SMILES string of the molecule is CCOc1ccc(CN(C[C@@H]2CCCO2)[C@@H](c2cc3cc(CC)ccc3[nH]c2=O)c2nnnn2CCOC)cc1. The van der Waals surface area contributed by atoms with E-state index in [2.05, 4.69) is 56.6 Å². The number of fused-ring (bicyclic) bond motifs is 1. The van der Waals surface area contributed by atoms with E-state index >= 15 is 0 Å². The lowest BCUT2D eigenvalue weighted by molar-refractivity contribution is 0.0569. The molecule has 40 heavy (non-hydrogen) atoms. The molecule has 212 valence electrons. The van der Waals surface area contributed by atoms with Gasteiger partial charge in [0, 0.05) is 37.9 Å². The Morgan fingerprint density at radius 3 is 2.70 bits per heavy atom. The van der Waals surface area contributed by atoms with E-state index in [1.807, 2.05) is 31.2 Å². The van der Waals surface area contributed by atoms with E-state index in [9.17, 15) is 4.79 Å². The Kier molecular flexibility index (Phi) is 9.20. The van der Waals surface area contributed by atoms with E-state index in [4.69, 9.17) is 14.2 Å². The smallest absolute Gasteiger partial charge is 0.253 e. The van der Waals surface area contributed by atoms with Crippen molar-refractivity contribution in [1.82, 2.24) is 30.1 Å². The van der Waals surface area contributed by atoms with Crippen molar-refractivity contribution >= 4 is 10.9 Å². The van der Waals surface area contributed by atoms with Crippen LogP contribution in [0.15, 0.2) is 53.3 Å². The summed E-state index contributed by atoms with van der Waals surface area (Å²) in [6.07, 6.45) is 2.95. The van der Waals surface area contributed by atoms with Crippen molar-refractivity contribution in [3.05, 3.63) is 81.4 Å². The number of aryl methyl sites for hydroxylation is 1. The molecule has 0 radical (unpaired) electrons. The van der Waals surface area contributed by atoms with Gasteiger partial charge in [0.2, 0.25) is 0 Å². The average Bonchev–Trinajstić information content (AvgIpc) is 3.66. The third-order valence-electron chi connectivity index (χ3n) is 7.40. The number of hydrogen-bond acceptors (Lipinski definition) is 8. The molecule has 5 rings (SSSR count). The lowest BCUT2D eigenvalue weighted by Gasteiger charge is -2.32. The second-order valence-corrected chi connectivity index (χ2v) is 10.1. The number of tetrazole rings is 1. The fourth-order valence-corrected chi connectivity index (χ4v) is 5.34. The number of nitrogens with one attached hydrogen (secondary N) is 1. The number of benzene rings is 2. The van der Waals surface area contributed by atoms with Crippen LogP contribution < -0.4 is 10.3 Å². The van der Waals surface area contributed by atoms with Crippen LogP contribution in [-0.4, -0.2) is 69.7 Å². The van der Waals surface area contributed by atoms with E-state index in [-0.39, 0.29) is 11.7 Å². The maximum absolute atomic E-state index is 13.7. The average molecular weight is 547 g/mol. The van der Waals surface area contributed by atoms with Crippen LogP contribution >= 0.6 is 0 Å². The summed E-state index contributed by atoms with van der Waals surface area (Å²) in [5.41, 5.74) is 3.54. The summed E-state index contributed by atoms with van der Waals surface area (Å²) in [4.78, 5) is 19.1. The van der Waals surface area contributed by atoms with Gasteiger partial charge in [0.1, 0.15) is 11.8 Å². The zero-order valence-electron chi connectivity index (χ0n) is 23.5. The molecule has 1 fully saturated rings. The number of ether oxygens (including phenoxy) is 3. The molecule has 1 aliphatic rings. The molecule has 0 spiro atoms. The van der Waals surface area contributed by atoms with E-state index in [0.29, 0.717) is 44.2 Å². The highest BCUT2D eigenvalue weighted by Gasteiger charge is 2.33. The predicted octanol–water partition coefficient (Wildman–Crippen LogP) is 3.89. The van der Waals surface area contributed by atoms with Gasteiger partial charge in [-0.2, -0.15) is 0 Å². The minimum atomic E-state index is -0.513. The lowest BCUT2D eigenvalue weighted by atomic mass is 10.0. The van der Waals surface area contributed by atoms with E-state index < -0.39 is 6.04 Å². The van der Waals surface area contributed by atoms with Crippen molar-refractivity contribution in [1.29, 1.82) is 0 Å². The standard InChI is InChI=1S/C30H38N6O4/c1-4-21-10-13-27-23(17-21)18-26(30(37)31-27)28(29-32-33-34-36(29)14-16-38-3)35(20-25-7-6-15-40-25)19-22-8-11-24(12-9-22)39-5-2/h8-13,17-18,25,28H,4-7,14-16,19-20H2,1-3H3,(H,31,37)/t25-,28-/m0/s1. The maximum Gasteiger partial charge on any atom is 0.253 e. The number of nitrogens with zero attached hydrogens (tertiary/aromatic N) is 5. The van der Waals surface area contributed by atoms with Crippen molar-refractivity contribution in [2.24, 2.45) is 0 Å². The summed E-state index contributed by atoms with van der Waals surface area (Å²) < 4.78 is 18.8. The van der Waals surface area contributed by atoms with Crippen LogP contribution in [0.2, 0.25) is 0 Å². The molecule has 10 heteroatoms. The molecule has 1 N–H and O–H groups in total. The molecule has 0 amide bonds. The Morgan fingerprint density at radius 2 is 1.98 bits per heavy atom. The van der Waals surface area contributed by atoms with Gasteiger partial charge in [-0.1, -0.05) is 25.1 Å². The molecule has 3 heterocycles. The van der Waals surface area contributed by atoms with Crippen LogP contribution in [0.25, 0.3) is 10.9 Å². The Balaban J connectivity index is 1.62. The number of rotatable bonds is 13. The van der Waals surface area contributed by atoms with Gasteiger partial charge in [-0.25, -0.2) is 4.68 Å². The first-order valence-electron chi connectivity index (χ1n) is 14.1. The lowest BCUT2D eigenvalue weighted by Crippen LogP contribution is -2.39. The van der Waals surface area contributed by atoms with E-state index in [1.165, 1.54) is 5.56 Å². The summed E-state index contributed by atoms with van der Waals surface area (Å²) in [7, 11) is 1.65. The second kappa shape index (κ2) is 13.2. The van der Waals surface area contributed by atoms with Gasteiger partial charge in [-0.3, -0.25) is 9.69 Å². The van der Waals surface area contributed by atoms with Crippen LogP contribution in [0.4, 0.5) is 0 Å². The Bertz CT molecular complexity index is 1440. The molecule has 0 unspecified atom stereocenters. The first kappa shape index (κ1) is 27.9. The summed E-state index contributed by atoms with van der Waals surface area (Å²) >= 11 is 0. The van der Waals surface area contributed by atoms with Gasteiger partial charge < -0.3 is 19.2 Å². The molecule has 2 atom stereocenters. The highest BCUT2D eigenvalue weighted by atomic mass is 16.5. The van der Waals surface area contributed by atoms with Crippen molar-refractivity contribution in [3.63, 3.8) is 0 Å². The first-order chi connectivity index (χ1) is 19.6. The topological polar surface area (TPSA) is 107 Å². The summed E-state index contributed by atoms with van der Waals surface area (Å²) in [5, 5.41) is 13.7. The second-order valence-electron chi connectivity index (χ2n) is 10.1. The Labute approximate surface area is 234 Å². The minimum absolute atomic E-state index is 0.0553. The Morgan fingerprint density at radius 1 is 1.15 bits per heavy atom. The molecule has 2 aromatic carbocycles. The fraction of sp³-hybridized carbons (Fsp3) is 0.467. The monoisotopic (exact) mass is 546 g/mol. The Hall–Kier alpha value is -3.60. The van der Waals surface area contributed by atoms with Crippen molar-refractivity contribution in [2.45, 2.75) is 58.3 Å². The summed E-state index contributed by atoms with van der Waals surface area (Å²) in [5.74, 6) is 1.42. The largest absolute Gasteiger partial charge is 0.494 e. The van der Waals surface area contributed by atoms with Gasteiger partial charge >= 0.3 is 0 Å². The van der Waals surface area contributed by atoms with Crippen molar-refractivity contribution in [3.8, 4) is 5.75 Å². The first-order valence-corrected chi connectivity index (χ1v) is 14.1. The minimum Gasteiger partial charge on any atom is -0.494 e. The summed E-state index contributed by atoms with van der Waals surface area (Å²) in [6, 6.07) is 15.7. The van der Waals surface area contributed by atoms with Crippen LogP contribution in [0.1, 0.15) is 55.2 Å². The third-order valence-corrected chi connectivity index (χ3v) is 7.40. The predicted molar refractivity (Wildman–Crippen MR) is 152 cm³/mol. The highest BCUT2D eigenvalue weighted by molar-refractivity contribution is 5.80. The number of methoxy groups -OCH3 is 1. The molecule has 0 saturated carbocycles. The molecule has 0 bridgehead atoms. The number of pyridine rings is 1. The molecular weight excluding hydrogens is 508 g/mol. The van der Waals surface area contributed by atoms with Crippen LogP contribution in [0.3, 0.4) is 0 Å². The molecule has 1 aliphatic heterocycles. The van der Waals surface area contributed by atoms with E-state index in [0.717, 1.165) is 48.1 Å². The normalized spacial score (nSPS) is 16.1. The number of aromatic nitrogens is 5. The van der Waals surface area contributed by atoms with E-state index in [1.54, 1.807) is 11.8 Å². The zero-order valence-corrected chi connectivity index (χ0v) is 23.5. The maximum atomic E-state index is 13.7.